The van der Waals surface area contributed by atoms with Gasteiger partial charge in [-0.15, -0.1) is 0 Å². The van der Waals surface area contributed by atoms with Crippen molar-refractivity contribution in [2.75, 3.05) is 0 Å². The maximum atomic E-state index is 8.33. The molecule has 0 spiro atoms. The molecule has 0 aliphatic heterocycles. The molecule has 0 N–H and O–H groups in total. The van der Waals surface area contributed by atoms with Gasteiger partial charge in [-0.2, -0.15) is 0 Å². The van der Waals surface area contributed by atoms with Crippen molar-refractivity contribution >= 4 is 6.16 Å². The van der Waals surface area contributed by atoms with Gasteiger partial charge in [0, 0.05) is 0 Å². The van der Waals surface area contributed by atoms with Crippen molar-refractivity contribution in [1.82, 2.24) is 0 Å². The molecule has 0 aromatic carbocycles. The van der Waals surface area contributed by atoms with Gasteiger partial charge >= 0.3 is 119 Å². The summed E-state index contributed by atoms with van der Waals surface area (Å²) in [7, 11) is 0. The molecular weight excluding hydrogens is 136 g/mol. The van der Waals surface area contributed by atoms with Crippen LogP contribution in [0.25, 0.3) is 0 Å². The summed E-state index contributed by atoms with van der Waals surface area (Å²) in [6.45, 7) is 0. The zero-order chi connectivity index (χ0) is 3.58. The molecule has 0 aromatic rings. The van der Waals surface area contributed by atoms with Crippen LogP contribution in [-0.4, -0.2) is 6.16 Å². The largest absolute Gasteiger partial charge is 1.00 e. The van der Waals surface area contributed by atoms with E-state index in [0.29, 0.717) is 0 Å². The third kappa shape index (κ3) is 62.1. The van der Waals surface area contributed by atoms with Crippen molar-refractivity contribution in [3.8, 4) is 0 Å². The minimum atomic E-state index is -2.33. The number of carboxylic acid groups (broad SMARTS) is 2. The molecule has 3 nitrogen and oxygen atoms in total. The Hall–Kier alpha value is 3.10. The summed E-state index contributed by atoms with van der Waals surface area (Å²) in [4.78, 5) is 8.33. The summed E-state index contributed by atoms with van der Waals surface area (Å²) in [5, 5.41) is 16.7. The minimum Gasteiger partial charge on any atom is -1.00 e. The summed E-state index contributed by atoms with van der Waals surface area (Å²) in [5.74, 6) is 0. The van der Waals surface area contributed by atoms with Crippen molar-refractivity contribution in [3.05, 3.63) is 0 Å². The van der Waals surface area contributed by atoms with E-state index < -0.39 is 6.16 Å². The molecule has 0 radical (unpaired) electrons. The Morgan fingerprint density at radius 2 is 1.25 bits per heavy atom. The van der Waals surface area contributed by atoms with E-state index in [-0.39, 0.29) is 122 Å². The quantitative estimate of drug-likeness (QED) is 0.312. The molecule has 0 aliphatic rings. The van der Waals surface area contributed by atoms with E-state index >= 15 is 0 Å². The van der Waals surface area contributed by atoms with E-state index in [1.807, 2.05) is 0 Å². The standard InChI is InChI=1S/CH2O3.K.2Li.Na.2H/c2-1(3)4;;;;;;/h(H2,2,3,4);;;;;;/q;4*+1;2*-1/p-2. The van der Waals surface area contributed by atoms with Gasteiger partial charge in [-0.1, -0.05) is 0 Å². The normalized spacial score (nSPS) is 3.00. The predicted octanol–water partition coefficient (Wildman–Crippen LogP) is -14.2. The van der Waals surface area contributed by atoms with Crippen molar-refractivity contribution < 1.29 is 137 Å². The zero-order valence-corrected chi connectivity index (χ0v) is 10.8. The molecule has 0 rings (SSSR count). The van der Waals surface area contributed by atoms with Crippen LogP contribution in [0.2, 0.25) is 0 Å². The van der Waals surface area contributed by atoms with Gasteiger partial charge < -0.3 is 17.9 Å². The van der Waals surface area contributed by atoms with E-state index in [1.165, 1.54) is 0 Å². The van der Waals surface area contributed by atoms with Crippen LogP contribution in [0.1, 0.15) is 2.85 Å². The van der Waals surface area contributed by atoms with Gasteiger partial charge in [-0.05, 0) is 6.16 Å². The van der Waals surface area contributed by atoms with E-state index in [9.17, 15) is 0 Å². The number of hydrogen-bond donors (Lipinski definition) is 0. The molecule has 0 aromatic heterocycles. The SMILES string of the molecule is O=C([O-])[O-].[H-].[H-].[K+].[Li+].[Li+].[Na+]. The molecule has 0 fully saturated rings. The van der Waals surface area contributed by atoms with Crippen LogP contribution in [0.4, 0.5) is 4.79 Å². The Morgan fingerprint density at radius 3 is 1.25 bits per heavy atom. The van der Waals surface area contributed by atoms with Crippen LogP contribution in [0.5, 0.6) is 0 Å². The number of carbonyl (C=O) groups excluding carboxylic acids is 1. The maximum Gasteiger partial charge on any atom is 1.00 e. The first kappa shape index (κ1) is 30.4. The van der Waals surface area contributed by atoms with Gasteiger partial charge in [-0.3, -0.25) is 0 Å². The summed E-state index contributed by atoms with van der Waals surface area (Å²) in [5.41, 5.74) is 0. The summed E-state index contributed by atoms with van der Waals surface area (Å²) in [6, 6.07) is 0. The molecule has 7 heteroatoms. The van der Waals surface area contributed by atoms with Crippen LogP contribution in [0.15, 0.2) is 0 Å². The van der Waals surface area contributed by atoms with Gasteiger partial charge in [0.05, 0.1) is 0 Å². The summed E-state index contributed by atoms with van der Waals surface area (Å²) in [6.07, 6.45) is -2.33. The summed E-state index contributed by atoms with van der Waals surface area (Å²) >= 11 is 0. The molecule has 0 saturated heterocycles. The number of hydrogen-bond acceptors (Lipinski definition) is 3. The van der Waals surface area contributed by atoms with Crippen LogP contribution in [0.3, 0.4) is 0 Å². The van der Waals surface area contributed by atoms with E-state index in [0.717, 1.165) is 0 Å². The monoisotopic (exact) mass is 138 g/mol. The second-order valence-electron chi connectivity index (χ2n) is 0.250. The fourth-order valence-electron chi connectivity index (χ4n) is 0. The average molecular weight is 138 g/mol. The second-order valence-corrected chi connectivity index (χ2v) is 0.250. The topological polar surface area (TPSA) is 63.2 Å². The third-order valence-corrected chi connectivity index (χ3v) is 0. The Balaban J connectivity index is -0.00000000300. The van der Waals surface area contributed by atoms with Gasteiger partial charge in [0.25, 0.3) is 0 Å². The van der Waals surface area contributed by atoms with Crippen molar-refractivity contribution in [3.63, 3.8) is 0 Å². The minimum absolute atomic E-state index is 0. The first-order valence-corrected chi connectivity index (χ1v) is 0.612. The van der Waals surface area contributed by atoms with Gasteiger partial charge in [-0.25, -0.2) is 0 Å². The molecule has 0 unspecified atom stereocenters. The fraction of sp³-hybridized carbons (Fsp3) is 0. The Morgan fingerprint density at radius 1 is 1.25 bits per heavy atom. The smallest absolute Gasteiger partial charge is 1.00 e. The van der Waals surface area contributed by atoms with Crippen LogP contribution in [-0.2, 0) is 0 Å². The molecular formula is CH2KLi2NaO3. The molecule has 0 saturated carbocycles. The number of carbonyl (C=O) groups is 1. The van der Waals surface area contributed by atoms with E-state index in [2.05, 4.69) is 0 Å². The van der Waals surface area contributed by atoms with Gasteiger partial charge in [0.1, 0.15) is 0 Å². The van der Waals surface area contributed by atoms with E-state index in [4.69, 9.17) is 15.0 Å². The first-order chi connectivity index (χ1) is 1.73. The molecule has 0 aliphatic carbocycles. The molecule has 0 bridgehead atoms. The Bertz CT molecular complexity index is 47.5. The molecule has 0 atom stereocenters. The summed E-state index contributed by atoms with van der Waals surface area (Å²) < 4.78 is 0. The third-order valence-electron chi connectivity index (χ3n) is 0. The zero-order valence-electron chi connectivity index (χ0n) is 7.72. The molecule has 0 amide bonds. The molecule has 28 valence electrons. The van der Waals surface area contributed by atoms with Crippen LogP contribution >= 0.6 is 0 Å². The van der Waals surface area contributed by atoms with Crippen molar-refractivity contribution in [2.24, 2.45) is 0 Å². The van der Waals surface area contributed by atoms with Crippen LogP contribution in [0, 0.1) is 0 Å². The molecule has 0 heterocycles. The van der Waals surface area contributed by atoms with Gasteiger partial charge in [0.2, 0.25) is 0 Å². The van der Waals surface area contributed by atoms with Crippen molar-refractivity contribution in [1.29, 1.82) is 0 Å². The van der Waals surface area contributed by atoms with Crippen LogP contribution < -0.4 is 129 Å². The average Bonchev–Trinajstić information content (AvgIpc) is 0.811. The first-order valence-electron chi connectivity index (χ1n) is 0.612. The van der Waals surface area contributed by atoms with Crippen molar-refractivity contribution in [2.45, 2.75) is 0 Å². The fourth-order valence-corrected chi connectivity index (χ4v) is 0. The maximum absolute atomic E-state index is 8.33. The Labute approximate surface area is 139 Å². The van der Waals surface area contributed by atoms with Gasteiger partial charge in [0.15, 0.2) is 0 Å². The second kappa shape index (κ2) is 22.5. The van der Waals surface area contributed by atoms with E-state index in [1.54, 1.807) is 0 Å². The Kier molecular flexibility index (Phi) is 85.5. The number of rotatable bonds is 0. The molecule has 8 heavy (non-hydrogen) atoms. The predicted molar refractivity (Wildman–Crippen MR) is 7.62 cm³/mol.